The summed E-state index contributed by atoms with van der Waals surface area (Å²) in [5, 5.41) is 0. The lowest BCUT2D eigenvalue weighted by Gasteiger charge is -2.24. The Bertz CT molecular complexity index is 262. The zero-order valence-electron chi connectivity index (χ0n) is 9.02. The van der Waals surface area contributed by atoms with Gasteiger partial charge in [0.25, 0.3) is 0 Å². The highest BCUT2D eigenvalue weighted by Crippen LogP contribution is 2.35. The van der Waals surface area contributed by atoms with Gasteiger partial charge in [-0.3, -0.25) is 4.74 Å². The Morgan fingerprint density at radius 1 is 1.29 bits per heavy atom. The maximum Gasteiger partial charge on any atom is 0.328 e. The van der Waals surface area contributed by atoms with Crippen LogP contribution in [0.15, 0.2) is 0 Å². The summed E-state index contributed by atoms with van der Waals surface area (Å²) in [5.41, 5.74) is 0. The molecule has 2 fully saturated rings. The molecule has 0 N–H and O–H groups in total. The first kappa shape index (κ1) is 13.7. The number of hydrogen-bond acceptors (Lipinski definition) is 7. The fourth-order valence-corrected chi connectivity index (χ4v) is 1.49. The zero-order chi connectivity index (χ0) is 12.4. The van der Waals surface area contributed by atoms with Gasteiger partial charge in [0.1, 0.15) is 12.5 Å². The maximum atomic E-state index is 5.72. The molecule has 2 rings (SSSR count). The van der Waals surface area contributed by atoms with E-state index < -0.39 is 18.1 Å². The van der Waals surface area contributed by atoms with Gasteiger partial charge in [-0.1, -0.05) is 0 Å². The van der Waals surface area contributed by atoms with Crippen LogP contribution in [-0.2, 0) is 33.8 Å². The summed E-state index contributed by atoms with van der Waals surface area (Å²) >= 11 is 11.4. The highest BCUT2D eigenvalue weighted by Gasteiger charge is 2.51. The third kappa shape index (κ3) is 3.19. The lowest BCUT2D eigenvalue weighted by molar-refractivity contribution is -0.416. The van der Waals surface area contributed by atoms with E-state index >= 15 is 0 Å². The van der Waals surface area contributed by atoms with E-state index in [4.69, 9.17) is 52.1 Å². The molecule has 100 valence electrons. The standard InChI is InChI=1S/C8H12Cl2O7/c1-7(3-9)15-8(4-10,17-16-7)12-2-6-11-5-13-14-6/h6H,2-5H2,1H3/t6?,7-,8-/m0/s1. The SMILES string of the molecule is C[C@@]1(CCl)OO[C@@](CCl)(OCC2OCOO2)O1. The highest BCUT2D eigenvalue weighted by molar-refractivity contribution is 6.18. The van der Waals surface area contributed by atoms with Crippen molar-refractivity contribution in [2.24, 2.45) is 0 Å². The van der Waals surface area contributed by atoms with Gasteiger partial charge < -0.3 is 9.47 Å². The molecule has 9 heteroatoms. The molecule has 7 nitrogen and oxygen atoms in total. The maximum absolute atomic E-state index is 5.72. The van der Waals surface area contributed by atoms with Gasteiger partial charge in [-0.05, 0) is 6.92 Å². The molecule has 0 bridgehead atoms. The molecule has 0 aromatic heterocycles. The van der Waals surface area contributed by atoms with E-state index in [1.165, 1.54) is 0 Å². The Morgan fingerprint density at radius 2 is 2.12 bits per heavy atom. The van der Waals surface area contributed by atoms with Crippen LogP contribution in [0.3, 0.4) is 0 Å². The van der Waals surface area contributed by atoms with Crippen molar-refractivity contribution >= 4 is 23.2 Å². The van der Waals surface area contributed by atoms with Crippen LogP contribution < -0.4 is 0 Å². The second kappa shape index (κ2) is 5.52. The molecule has 0 radical (unpaired) electrons. The Morgan fingerprint density at radius 3 is 2.65 bits per heavy atom. The lowest BCUT2D eigenvalue weighted by Crippen LogP contribution is -2.41. The first-order valence-corrected chi connectivity index (χ1v) is 5.91. The van der Waals surface area contributed by atoms with Gasteiger partial charge in [0, 0.05) is 0 Å². The molecule has 0 amide bonds. The summed E-state index contributed by atoms with van der Waals surface area (Å²) in [4.78, 5) is 19.1. The van der Waals surface area contributed by atoms with Crippen LogP contribution in [0.5, 0.6) is 0 Å². The van der Waals surface area contributed by atoms with Gasteiger partial charge in [-0.2, -0.15) is 14.7 Å². The molecule has 0 aromatic rings. The van der Waals surface area contributed by atoms with Crippen molar-refractivity contribution in [2.75, 3.05) is 25.2 Å². The number of rotatable bonds is 5. The minimum atomic E-state index is -1.53. The van der Waals surface area contributed by atoms with Crippen molar-refractivity contribution in [3.63, 3.8) is 0 Å². The predicted octanol–water partition coefficient (Wildman–Crippen LogP) is 1.09. The number of hydrogen-bond donors (Lipinski definition) is 0. The molecule has 0 spiro atoms. The van der Waals surface area contributed by atoms with Crippen LogP contribution in [0.25, 0.3) is 0 Å². The van der Waals surface area contributed by atoms with Gasteiger partial charge >= 0.3 is 5.97 Å². The van der Waals surface area contributed by atoms with Crippen molar-refractivity contribution in [1.29, 1.82) is 0 Å². The van der Waals surface area contributed by atoms with Crippen LogP contribution in [0.2, 0.25) is 0 Å². The van der Waals surface area contributed by atoms with Gasteiger partial charge in [0.05, 0.1) is 5.88 Å². The van der Waals surface area contributed by atoms with Gasteiger partial charge in [0.15, 0.2) is 6.79 Å². The van der Waals surface area contributed by atoms with Gasteiger partial charge in [0.2, 0.25) is 12.1 Å². The molecule has 2 saturated heterocycles. The summed E-state index contributed by atoms with van der Waals surface area (Å²) < 4.78 is 15.7. The molecular formula is C8H12Cl2O7. The quantitative estimate of drug-likeness (QED) is 0.555. The van der Waals surface area contributed by atoms with E-state index in [1.807, 2.05) is 0 Å². The zero-order valence-corrected chi connectivity index (χ0v) is 10.5. The first-order valence-electron chi connectivity index (χ1n) is 4.84. The fraction of sp³-hybridized carbons (Fsp3) is 1.00. The van der Waals surface area contributed by atoms with Crippen LogP contribution in [0, 0.1) is 0 Å². The lowest BCUT2D eigenvalue weighted by atomic mass is 10.4. The van der Waals surface area contributed by atoms with Crippen molar-refractivity contribution < 1.29 is 33.8 Å². The van der Waals surface area contributed by atoms with Crippen molar-refractivity contribution in [1.82, 2.24) is 0 Å². The second-order valence-electron chi connectivity index (χ2n) is 3.59. The van der Waals surface area contributed by atoms with Crippen molar-refractivity contribution in [2.45, 2.75) is 25.0 Å². The Kier molecular flexibility index (Phi) is 4.45. The predicted molar refractivity (Wildman–Crippen MR) is 53.7 cm³/mol. The summed E-state index contributed by atoms with van der Waals surface area (Å²) in [7, 11) is 0. The van der Waals surface area contributed by atoms with E-state index in [0.717, 1.165) is 0 Å². The molecular weight excluding hydrogens is 279 g/mol. The van der Waals surface area contributed by atoms with E-state index in [2.05, 4.69) is 4.89 Å². The molecule has 0 aromatic carbocycles. The average molecular weight is 291 g/mol. The molecule has 3 atom stereocenters. The average Bonchev–Trinajstić information content (AvgIpc) is 2.96. The summed E-state index contributed by atoms with van der Waals surface area (Å²) in [6, 6.07) is 0. The van der Waals surface area contributed by atoms with Crippen LogP contribution in [-0.4, -0.2) is 43.2 Å². The number of alkyl halides is 2. The highest BCUT2D eigenvalue weighted by atomic mass is 35.5. The Balaban J connectivity index is 1.87. The third-order valence-electron chi connectivity index (χ3n) is 2.04. The Hall–Kier alpha value is 0.300. The number of ether oxygens (including phenoxy) is 3. The minimum absolute atomic E-state index is 0.00838. The molecule has 2 aliphatic rings. The first-order chi connectivity index (χ1) is 8.11. The van der Waals surface area contributed by atoms with Crippen LogP contribution in [0.4, 0.5) is 0 Å². The topological polar surface area (TPSA) is 64.6 Å². The summed E-state index contributed by atoms with van der Waals surface area (Å²) in [6.45, 7) is 1.65. The smallest absolute Gasteiger partial charge is 0.319 e. The molecule has 0 aliphatic carbocycles. The molecule has 2 aliphatic heterocycles. The molecule has 1 unspecified atom stereocenters. The van der Waals surface area contributed by atoms with E-state index in [0.29, 0.717) is 0 Å². The van der Waals surface area contributed by atoms with E-state index in [-0.39, 0.29) is 25.2 Å². The normalized spacial score (nSPS) is 42.2. The van der Waals surface area contributed by atoms with Gasteiger partial charge in [-0.15, -0.1) is 23.2 Å². The summed E-state index contributed by atoms with van der Waals surface area (Å²) in [5.74, 6) is -2.67. The van der Waals surface area contributed by atoms with E-state index in [9.17, 15) is 0 Å². The number of halogens is 2. The summed E-state index contributed by atoms with van der Waals surface area (Å²) in [6.07, 6.45) is -0.662. The largest absolute Gasteiger partial charge is 0.328 e. The van der Waals surface area contributed by atoms with Crippen LogP contribution in [0.1, 0.15) is 6.92 Å². The molecule has 2 heterocycles. The van der Waals surface area contributed by atoms with Crippen LogP contribution >= 0.6 is 23.2 Å². The fourth-order valence-electron chi connectivity index (χ4n) is 1.21. The molecule has 0 saturated carbocycles. The van der Waals surface area contributed by atoms with Crippen molar-refractivity contribution in [3.05, 3.63) is 0 Å². The van der Waals surface area contributed by atoms with E-state index in [1.54, 1.807) is 6.92 Å². The van der Waals surface area contributed by atoms with Gasteiger partial charge in [-0.25, -0.2) is 4.89 Å². The molecule has 17 heavy (non-hydrogen) atoms. The third-order valence-corrected chi connectivity index (χ3v) is 2.85. The van der Waals surface area contributed by atoms with Crippen molar-refractivity contribution in [3.8, 4) is 0 Å². The minimum Gasteiger partial charge on any atom is -0.319 e. The monoisotopic (exact) mass is 290 g/mol. The Labute approximate surface area is 108 Å². The second-order valence-corrected chi connectivity index (χ2v) is 4.13.